The maximum Gasteiger partial charge on any atom is 0.226 e. The average Bonchev–Trinajstić information content (AvgIpc) is 2.24. The molecule has 0 aromatic carbocycles. The van der Waals surface area contributed by atoms with Crippen molar-refractivity contribution in [3.63, 3.8) is 0 Å². The number of anilines is 1. The third-order valence-electron chi connectivity index (χ3n) is 2.15. The number of primary amides is 1. The summed E-state index contributed by atoms with van der Waals surface area (Å²) in [4.78, 5) is 19.2. The van der Waals surface area contributed by atoms with E-state index >= 15 is 0 Å². The van der Waals surface area contributed by atoms with Gasteiger partial charge in [0.05, 0.1) is 6.61 Å². The molecule has 0 aliphatic rings. The first kappa shape index (κ1) is 14.2. The predicted octanol–water partition coefficient (Wildman–Crippen LogP) is 1.33. The molecule has 0 saturated carbocycles. The smallest absolute Gasteiger partial charge is 0.226 e. The zero-order valence-corrected chi connectivity index (χ0v) is 11.1. The van der Waals surface area contributed by atoms with Crippen molar-refractivity contribution in [2.45, 2.75) is 39.2 Å². The van der Waals surface area contributed by atoms with E-state index in [2.05, 4.69) is 15.3 Å². The fraction of sp³-hybridized carbons (Fsp3) is 0.583. The fourth-order valence-electron chi connectivity index (χ4n) is 1.47. The molecule has 6 heteroatoms. The van der Waals surface area contributed by atoms with Crippen LogP contribution in [0.25, 0.3) is 0 Å². The molecule has 100 valence electrons. The van der Waals surface area contributed by atoms with Crippen LogP contribution in [0, 0.1) is 0 Å². The molecule has 1 rings (SSSR count). The van der Waals surface area contributed by atoms with E-state index in [-0.39, 0.29) is 12.3 Å². The largest absolute Gasteiger partial charge is 0.478 e. The standard InChI is InChI=1S/C12H20N4O2/c1-4-7-18-10-5-6-14-11(15-10)16-12(2,3)8-9(13)17/h5-6H,4,7-8H2,1-3H3,(H2,13,17)(H,14,15,16). The van der Waals surface area contributed by atoms with Gasteiger partial charge in [0.1, 0.15) is 0 Å². The quantitative estimate of drug-likeness (QED) is 0.764. The van der Waals surface area contributed by atoms with Gasteiger partial charge < -0.3 is 15.8 Å². The van der Waals surface area contributed by atoms with Crippen LogP contribution in [0.15, 0.2) is 12.3 Å². The maximum absolute atomic E-state index is 10.9. The number of ether oxygens (including phenoxy) is 1. The predicted molar refractivity (Wildman–Crippen MR) is 69.3 cm³/mol. The summed E-state index contributed by atoms with van der Waals surface area (Å²) in [6, 6.07) is 1.70. The second kappa shape index (κ2) is 6.18. The highest BCUT2D eigenvalue weighted by Gasteiger charge is 2.21. The van der Waals surface area contributed by atoms with E-state index in [1.807, 2.05) is 20.8 Å². The highest BCUT2D eigenvalue weighted by atomic mass is 16.5. The monoisotopic (exact) mass is 252 g/mol. The first-order valence-electron chi connectivity index (χ1n) is 5.95. The van der Waals surface area contributed by atoms with Gasteiger partial charge in [-0.25, -0.2) is 4.98 Å². The van der Waals surface area contributed by atoms with E-state index in [0.717, 1.165) is 6.42 Å². The van der Waals surface area contributed by atoms with Crippen molar-refractivity contribution in [2.24, 2.45) is 5.73 Å². The molecule has 0 atom stereocenters. The zero-order valence-electron chi connectivity index (χ0n) is 11.1. The van der Waals surface area contributed by atoms with Crippen LogP contribution in [0.2, 0.25) is 0 Å². The lowest BCUT2D eigenvalue weighted by Crippen LogP contribution is -2.36. The Morgan fingerprint density at radius 1 is 1.56 bits per heavy atom. The SMILES string of the molecule is CCCOc1ccnc(NC(C)(C)CC(N)=O)n1. The zero-order chi connectivity index (χ0) is 13.6. The van der Waals surface area contributed by atoms with Gasteiger partial charge in [-0.05, 0) is 20.3 Å². The molecule has 6 nitrogen and oxygen atoms in total. The van der Waals surface area contributed by atoms with Crippen LogP contribution in [0.5, 0.6) is 5.88 Å². The van der Waals surface area contributed by atoms with Crippen LogP contribution < -0.4 is 15.8 Å². The molecule has 0 radical (unpaired) electrons. The van der Waals surface area contributed by atoms with Crippen molar-refractivity contribution >= 4 is 11.9 Å². The van der Waals surface area contributed by atoms with E-state index in [4.69, 9.17) is 10.5 Å². The first-order chi connectivity index (χ1) is 8.43. The van der Waals surface area contributed by atoms with Crippen molar-refractivity contribution in [3.05, 3.63) is 12.3 Å². The third-order valence-corrected chi connectivity index (χ3v) is 2.15. The van der Waals surface area contributed by atoms with Gasteiger partial charge in [0.2, 0.25) is 17.7 Å². The number of nitrogens with one attached hydrogen (secondary N) is 1. The molecular formula is C12H20N4O2. The molecule has 0 saturated heterocycles. The van der Waals surface area contributed by atoms with Gasteiger partial charge in [-0.15, -0.1) is 0 Å². The molecule has 0 unspecified atom stereocenters. The van der Waals surface area contributed by atoms with Gasteiger partial charge in [-0.3, -0.25) is 4.79 Å². The van der Waals surface area contributed by atoms with Crippen LogP contribution >= 0.6 is 0 Å². The molecular weight excluding hydrogens is 232 g/mol. The van der Waals surface area contributed by atoms with E-state index in [1.165, 1.54) is 0 Å². The minimum atomic E-state index is -0.491. The summed E-state index contributed by atoms with van der Waals surface area (Å²) in [7, 11) is 0. The normalized spacial score (nSPS) is 11.1. The van der Waals surface area contributed by atoms with Crippen molar-refractivity contribution in [3.8, 4) is 5.88 Å². The second-order valence-corrected chi connectivity index (χ2v) is 4.72. The number of hydrogen-bond donors (Lipinski definition) is 2. The van der Waals surface area contributed by atoms with Crippen LogP contribution in [-0.2, 0) is 4.79 Å². The Hall–Kier alpha value is -1.85. The molecule has 0 fully saturated rings. The number of rotatable bonds is 7. The van der Waals surface area contributed by atoms with Gasteiger partial charge in [-0.1, -0.05) is 6.92 Å². The summed E-state index contributed by atoms with van der Waals surface area (Å²) >= 11 is 0. The number of carbonyl (C=O) groups excluding carboxylic acids is 1. The fourth-order valence-corrected chi connectivity index (χ4v) is 1.47. The summed E-state index contributed by atoms with van der Waals surface area (Å²) in [6.07, 6.45) is 2.73. The Labute approximate surface area is 107 Å². The topological polar surface area (TPSA) is 90.1 Å². The molecule has 1 aromatic heterocycles. The van der Waals surface area contributed by atoms with Gasteiger partial charge in [-0.2, -0.15) is 4.98 Å². The molecule has 3 N–H and O–H groups in total. The van der Waals surface area contributed by atoms with E-state index in [1.54, 1.807) is 12.3 Å². The van der Waals surface area contributed by atoms with Gasteiger partial charge >= 0.3 is 0 Å². The number of carbonyl (C=O) groups is 1. The maximum atomic E-state index is 10.9. The number of aromatic nitrogens is 2. The van der Waals surface area contributed by atoms with Crippen molar-refractivity contribution in [1.29, 1.82) is 0 Å². The van der Waals surface area contributed by atoms with E-state index < -0.39 is 5.54 Å². The number of nitrogens with two attached hydrogens (primary N) is 1. The minimum Gasteiger partial charge on any atom is -0.478 e. The third kappa shape index (κ3) is 4.99. The summed E-state index contributed by atoms with van der Waals surface area (Å²) in [5, 5.41) is 3.06. The Bertz CT molecular complexity index is 407. The minimum absolute atomic E-state index is 0.205. The molecule has 0 bridgehead atoms. The Morgan fingerprint density at radius 3 is 2.89 bits per heavy atom. The highest BCUT2D eigenvalue weighted by Crippen LogP contribution is 2.16. The Balaban J connectivity index is 2.69. The Kier molecular flexibility index (Phi) is 4.88. The van der Waals surface area contributed by atoms with Crippen LogP contribution in [0.3, 0.4) is 0 Å². The van der Waals surface area contributed by atoms with Gasteiger partial charge in [0.25, 0.3) is 0 Å². The molecule has 0 aliphatic heterocycles. The average molecular weight is 252 g/mol. The van der Waals surface area contributed by atoms with Crippen LogP contribution in [0.1, 0.15) is 33.6 Å². The summed E-state index contributed by atoms with van der Waals surface area (Å²) in [5.74, 6) is 0.574. The van der Waals surface area contributed by atoms with E-state index in [0.29, 0.717) is 18.4 Å². The number of hydrogen-bond acceptors (Lipinski definition) is 5. The van der Waals surface area contributed by atoms with Crippen molar-refractivity contribution < 1.29 is 9.53 Å². The number of amides is 1. The van der Waals surface area contributed by atoms with Gasteiger partial charge in [0, 0.05) is 24.2 Å². The van der Waals surface area contributed by atoms with Crippen molar-refractivity contribution in [1.82, 2.24) is 9.97 Å². The molecule has 1 heterocycles. The second-order valence-electron chi connectivity index (χ2n) is 4.72. The van der Waals surface area contributed by atoms with Gasteiger partial charge in [0.15, 0.2) is 0 Å². The molecule has 0 spiro atoms. The highest BCUT2D eigenvalue weighted by molar-refractivity contribution is 5.75. The molecule has 1 aromatic rings. The van der Waals surface area contributed by atoms with Crippen LogP contribution in [0.4, 0.5) is 5.95 Å². The van der Waals surface area contributed by atoms with Crippen molar-refractivity contribution in [2.75, 3.05) is 11.9 Å². The summed E-state index contributed by atoms with van der Waals surface area (Å²) in [6.45, 7) is 6.36. The lowest BCUT2D eigenvalue weighted by molar-refractivity contribution is -0.118. The first-order valence-corrected chi connectivity index (χ1v) is 5.95. The Morgan fingerprint density at radius 2 is 2.28 bits per heavy atom. The van der Waals surface area contributed by atoms with E-state index in [9.17, 15) is 4.79 Å². The molecule has 18 heavy (non-hydrogen) atoms. The molecule has 0 aliphatic carbocycles. The van der Waals surface area contributed by atoms with Crippen LogP contribution in [-0.4, -0.2) is 28.0 Å². The summed E-state index contributed by atoms with van der Waals surface area (Å²) < 4.78 is 5.41. The number of nitrogens with zero attached hydrogens (tertiary/aromatic N) is 2. The lowest BCUT2D eigenvalue weighted by Gasteiger charge is -2.24. The summed E-state index contributed by atoms with van der Waals surface area (Å²) in [5.41, 5.74) is 4.69. The molecule has 1 amide bonds. The lowest BCUT2D eigenvalue weighted by atomic mass is 10.0.